The molecule has 1 N–H and O–H groups in total. The van der Waals surface area contributed by atoms with Gasteiger partial charge in [0.15, 0.2) is 28.8 Å². The first-order chi connectivity index (χ1) is 17.0. The van der Waals surface area contributed by atoms with E-state index in [4.69, 9.17) is 18.9 Å². The summed E-state index contributed by atoms with van der Waals surface area (Å²) >= 11 is 0. The highest BCUT2D eigenvalue weighted by Gasteiger charge is 2.21. The molecule has 0 aliphatic rings. The topological polar surface area (TPSA) is 122 Å². The van der Waals surface area contributed by atoms with Gasteiger partial charge in [0.2, 0.25) is 5.75 Å². The van der Waals surface area contributed by atoms with Crippen molar-refractivity contribution < 1.29 is 28.8 Å². The molecule has 2 aromatic carbocycles. The van der Waals surface area contributed by atoms with E-state index in [0.29, 0.717) is 62.3 Å². The normalized spacial score (nSPS) is 11.1. The lowest BCUT2D eigenvalue weighted by Crippen LogP contribution is -2.05. The lowest BCUT2D eigenvalue weighted by atomic mass is 10.1. The monoisotopic (exact) mass is 475 g/mol. The van der Waals surface area contributed by atoms with Crippen LogP contribution in [0.25, 0.3) is 39.3 Å². The average Bonchev–Trinajstić information content (AvgIpc) is 3.48. The standard InChI is InChI=1S/C24H21N5O6/c1-32-14-5-6-17-15(11-14)16(12-28(17)24(30)31)22-26-20-7-8-25-23(29(20)27-22)13-9-18(33-2)21(35-4)19(10-13)34-3/h5-12H,1-4H3,(H,30,31). The predicted octanol–water partition coefficient (Wildman–Crippen LogP) is 3.97. The van der Waals surface area contributed by atoms with Crippen molar-refractivity contribution in [1.82, 2.24) is 24.1 Å². The zero-order valence-corrected chi connectivity index (χ0v) is 19.3. The van der Waals surface area contributed by atoms with Crippen LogP contribution in [0.5, 0.6) is 23.0 Å². The summed E-state index contributed by atoms with van der Waals surface area (Å²) in [6, 6.07) is 10.4. The van der Waals surface area contributed by atoms with Crippen LogP contribution in [0.3, 0.4) is 0 Å². The maximum Gasteiger partial charge on any atom is 0.416 e. The molecular weight excluding hydrogens is 454 g/mol. The fraction of sp³-hybridized carbons (Fsp3) is 0.167. The van der Waals surface area contributed by atoms with Crippen molar-refractivity contribution in [2.24, 2.45) is 0 Å². The van der Waals surface area contributed by atoms with Crippen LogP contribution >= 0.6 is 0 Å². The maximum absolute atomic E-state index is 11.8. The number of aromatic nitrogens is 5. The first-order valence-electron chi connectivity index (χ1n) is 10.4. The van der Waals surface area contributed by atoms with Crippen LogP contribution < -0.4 is 18.9 Å². The number of rotatable bonds is 6. The van der Waals surface area contributed by atoms with Gasteiger partial charge in [-0.25, -0.2) is 14.8 Å². The Bertz CT molecular complexity index is 1560. The van der Waals surface area contributed by atoms with Crippen LogP contribution in [-0.4, -0.2) is 63.8 Å². The van der Waals surface area contributed by atoms with E-state index >= 15 is 0 Å². The molecule has 178 valence electrons. The first kappa shape index (κ1) is 22.0. The number of methoxy groups -OCH3 is 4. The van der Waals surface area contributed by atoms with E-state index < -0.39 is 6.09 Å². The number of benzene rings is 2. The fourth-order valence-electron chi connectivity index (χ4n) is 4.01. The Balaban J connectivity index is 1.73. The average molecular weight is 475 g/mol. The van der Waals surface area contributed by atoms with Crippen LogP contribution in [0.1, 0.15) is 0 Å². The molecule has 5 aromatic rings. The van der Waals surface area contributed by atoms with E-state index in [2.05, 4.69) is 15.1 Å². The van der Waals surface area contributed by atoms with E-state index in [1.807, 2.05) is 0 Å². The highest BCUT2D eigenvalue weighted by atomic mass is 16.5. The molecule has 35 heavy (non-hydrogen) atoms. The molecular formula is C24H21N5O6. The molecule has 0 unspecified atom stereocenters. The number of ether oxygens (including phenoxy) is 4. The lowest BCUT2D eigenvalue weighted by Gasteiger charge is -2.14. The summed E-state index contributed by atoms with van der Waals surface area (Å²) in [6.07, 6.45) is 2.00. The summed E-state index contributed by atoms with van der Waals surface area (Å²) in [4.78, 5) is 21.0. The zero-order valence-electron chi connectivity index (χ0n) is 19.3. The Morgan fingerprint density at radius 3 is 2.31 bits per heavy atom. The number of fused-ring (bicyclic) bond motifs is 2. The summed E-state index contributed by atoms with van der Waals surface area (Å²) in [5, 5.41) is 15.0. The minimum Gasteiger partial charge on any atom is -0.497 e. The van der Waals surface area contributed by atoms with E-state index in [0.717, 1.165) is 4.57 Å². The molecule has 11 heteroatoms. The fourth-order valence-corrected chi connectivity index (χ4v) is 4.01. The van der Waals surface area contributed by atoms with E-state index in [1.165, 1.54) is 27.5 Å². The van der Waals surface area contributed by atoms with Gasteiger partial charge in [0.05, 0.1) is 34.0 Å². The van der Waals surface area contributed by atoms with Gasteiger partial charge in [0.25, 0.3) is 0 Å². The molecule has 0 atom stereocenters. The summed E-state index contributed by atoms with van der Waals surface area (Å²) in [7, 11) is 6.16. The number of hydrogen-bond acceptors (Lipinski definition) is 8. The second kappa shape index (κ2) is 8.52. The third kappa shape index (κ3) is 3.53. The number of carboxylic acid groups (broad SMARTS) is 1. The van der Waals surface area contributed by atoms with Crippen LogP contribution in [0.15, 0.2) is 48.8 Å². The molecule has 0 amide bonds. The van der Waals surface area contributed by atoms with Crippen LogP contribution in [0.2, 0.25) is 0 Å². The van der Waals surface area contributed by atoms with Gasteiger partial charge in [0.1, 0.15) is 5.75 Å². The van der Waals surface area contributed by atoms with Crippen molar-refractivity contribution in [3.05, 3.63) is 48.8 Å². The summed E-state index contributed by atoms with van der Waals surface area (Å²) in [5.74, 6) is 2.81. The van der Waals surface area contributed by atoms with Gasteiger partial charge in [-0.05, 0) is 30.3 Å². The second-order valence-corrected chi connectivity index (χ2v) is 7.47. The van der Waals surface area contributed by atoms with Gasteiger partial charge in [-0.2, -0.15) is 4.52 Å². The van der Waals surface area contributed by atoms with Crippen molar-refractivity contribution in [2.75, 3.05) is 28.4 Å². The molecule has 0 fully saturated rings. The van der Waals surface area contributed by atoms with Crippen molar-refractivity contribution >= 4 is 22.6 Å². The Morgan fingerprint density at radius 1 is 0.943 bits per heavy atom. The number of hydrogen-bond donors (Lipinski definition) is 1. The van der Waals surface area contributed by atoms with Crippen molar-refractivity contribution in [2.45, 2.75) is 0 Å². The zero-order chi connectivity index (χ0) is 24.7. The molecule has 5 rings (SSSR count). The third-order valence-electron chi connectivity index (χ3n) is 5.63. The molecule has 0 aliphatic carbocycles. The molecule has 0 radical (unpaired) electrons. The minimum absolute atomic E-state index is 0.338. The summed E-state index contributed by atoms with van der Waals surface area (Å²) < 4.78 is 24.4. The number of nitrogens with zero attached hydrogens (tertiary/aromatic N) is 5. The highest BCUT2D eigenvalue weighted by molar-refractivity contribution is 6.00. The molecule has 0 saturated carbocycles. The van der Waals surface area contributed by atoms with E-state index in [1.54, 1.807) is 54.2 Å². The third-order valence-corrected chi connectivity index (χ3v) is 5.63. The molecule has 0 spiro atoms. The molecule has 0 saturated heterocycles. The Hall–Kier alpha value is -4.80. The van der Waals surface area contributed by atoms with Crippen molar-refractivity contribution in [3.8, 4) is 45.8 Å². The van der Waals surface area contributed by atoms with Crippen molar-refractivity contribution in [3.63, 3.8) is 0 Å². The van der Waals surface area contributed by atoms with Crippen LogP contribution in [-0.2, 0) is 0 Å². The molecule has 3 aromatic heterocycles. The maximum atomic E-state index is 11.8. The lowest BCUT2D eigenvalue weighted by molar-refractivity contribution is 0.197. The van der Waals surface area contributed by atoms with E-state index in [9.17, 15) is 9.90 Å². The van der Waals surface area contributed by atoms with E-state index in [-0.39, 0.29) is 0 Å². The van der Waals surface area contributed by atoms with Crippen molar-refractivity contribution in [1.29, 1.82) is 0 Å². The molecule has 11 nitrogen and oxygen atoms in total. The van der Waals surface area contributed by atoms with Crippen LogP contribution in [0, 0.1) is 0 Å². The Kier molecular flexibility index (Phi) is 5.36. The molecule has 0 aliphatic heterocycles. The van der Waals surface area contributed by atoms with Gasteiger partial charge in [-0.15, -0.1) is 5.10 Å². The largest absolute Gasteiger partial charge is 0.497 e. The van der Waals surface area contributed by atoms with Gasteiger partial charge in [-0.3, -0.25) is 4.57 Å². The van der Waals surface area contributed by atoms with Gasteiger partial charge >= 0.3 is 6.09 Å². The SMILES string of the molecule is COc1ccc2c(c1)c(-c1nc3ccnc(-c4cc(OC)c(OC)c(OC)c4)n3n1)cn2C(=O)O. The Morgan fingerprint density at radius 2 is 1.69 bits per heavy atom. The Labute approximate surface area is 199 Å². The second-order valence-electron chi connectivity index (χ2n) is 7.47. The van der Waals surface area contributed by atoms with Gasteiger partial charge in [0, 0.05) is 35.0 Å². The van der Waals surface area contributed by atoms with Crippen LogP contribution in [0.4, 0.5) is 4.79 Å². The highest BCUT2D eigenvalue weighted by Crippen LogP contribution is 2.41. The quantitative estimate of drug-likeness (QED) is 0.389. The first-order valence-corrected chi connectivity index (χ1v) is 10.4. The van der Waals surface area contributed by atoms with Gasteiger partial charge < -0.3 is 24.1 Å². The number of carbonyl (C=O) groups is 1. The van der Waals surface area contributed by atoms with Gasteiger partial charge in [-0.1, -0.05) is 0 Å². The smallest absolute Gasteiger partial charge is 0.416 e. The molecule has 0 bridgehead atoms. The summed E-state index contributed by atoms with van der Waals surface area (Å²) in [6.45, 7) is 0. The molecule has 3 heterocycles. The summed E-state index contributed by atoms with van der Waals surface area (Å²) in [5.41, 5.74) is 2.23. The predicted molar refractivity (Wildman–Crippen MR) is 127 cm³/mol. The minimum atomic E-state index is -1.12.